The molecule has 0 aliphatic carbocycles. The second-order valence-electron chi connectivity index (χ2n) is 5.32. The van der Waals surface area contributed by atoms with Crippen molar-refractivity contribution in [3.8, 4) is 0 Å². The average molecular weight is 311 g/mol. The molecule has 1 aromatic rings. The number of anilines is 1. The second kappa shape index (κ2) is 7.04. The Morgan fingerprint density at radius 2 is 2.24 bits per heavy atom. The summed E-state index contributed by atoms with van der Waals surface area (Å²) in [6, 6.07) is 0. The summed E-state index contributed by atoms with van der Waals surface area (Å²) in [5, 5.41) is 12.6. The summed E-state index contributed by atoms with van der Waals surface area (Å²) in [6.45, 7) is 5.32. The Labute approximate surface area is 128 Å². The van der Waals surface area contributed by atoms with Gasteiger partial charge in [-0.3, -0.25) is 4.79 Å². The van der Waals surface area contributed by atoms with E-state index in [4.69, 9.17) is 4.74 Å². The second-order valence-corrected chi connectivity index (χ2v) is 6.54. The van der Waals surface area contributed by atoms with E-state index in [0.29, 0.717) is 23.8 Å². The molecule has 5 nitrogen and oxygen atoms in total. The van der Waals surface area contributed by atoms with Crippen LogP contribution in [0.15, 0.2) is 0 Å². The van der Waals surface area contributed by atoms with Crippen molar-refractivity contribution >= 4 is 28.2 Å². The molecule has 0 saturated carbocycles. The predicted octanol–water partition coefficient (Wildman–Crippen LogP) is 3.07. The highest BCUT2D eigenvalue weighted by molar-refractivity contribution is 7.16. The maximum atomic E-state index is 12.0. The molecule has 116 valence electrons. The molecule has 1 fully saturated rings. The van der Waals surface area contributed by atoms with Crippen LogP contribution in [0.4, 0.5) is 5.00 Å². The van der Waals surface area contributed by atoms with Crippen LogP contribution >= 0.6 is 11.3 Å². The highest BCUT2D eigenvalue weighted by Gasteiger charge is 2.22. The molecule has 1 aliphatic heterocycles. The number of carbonyl (C=O) groups is 2. The van der Waals surface area contributed by atoms with E-state index in [1.54, 1.807) is 0 Å². The third kappa shape index (κ3) is 3.83. The summed E-state index contributed by atoms with van der Waals surface area (Å²) in [5.74, 6) is -0.644. The van der Waals surface area contributed by atoms with Gasteiger partial charge in [0.15, 0.2) is 0 Å². The molecule has 0 aromatic carbocycles. The number of amides is 1. The molecule has 2 heterocycles. The fourth-order valence-electron chi connectivity index (χ4n) is 2.65. The fourth-order valence-corrected chi connectivity index (χ4v) is 3.81. The molecule has 0 spiro atoms. The largest absolute Gasteiger partial charge is 0.478 e. The molecule has 1 amide bonds. The van der Waals surface area contributed by atoms with Gasteiger partial charge >= 0.3 is 5.97 Å². The molecular weight excluding hydrogens is 290 g/mol. The van der Waals surface area contributed by atoms with E-state index in [1.165, 1.54) is 11.3 Å². The maximum Gasteiger partial charge on any atom is 0.339 e. The lowest BCUT2D eigenvalue weighted by atomic mass is 10.0. The number of hydrogen-bond acceptors (Lipinski definition) is 4. The number of thiophene rings is 1. The number of aromatic carboxylic acids is 1. The minimum absolute atomic E-state index is 0.117. The molecule has 2 rings (SSSR count). The van der Waals surface area contributed by atoms with E-state index in [0.717, 1.165) is 36.5 Å². The Kier molecular flexibility index (Phi) is 5.36. The smallest absolute Gasteiger partial charge is 0.339 e. The summed E-state index contributed by atoms with van der Waals surface area (Å²) < 4.78 is 5.28. The van der Waals surface area contributed by atoms with Gasteiger partial charge in [0, 0.05) is 24.5 Å². The number of hydrogen-bond donors (Lipinski definition) is 2. The van der Waals surface area contributed by atoms with Crippen molar-refractivity contribution in [1.29, 1.82) is 0 Å². The van der Waals surface area contributed by atoms with Gasteiger partial charge < -0.3 is 15.2 Å². The highest BCUT2D eigenvalue weighted by atomic mass is 32.1. The minimum Gasteiger partial charge on any atom is -0.478 e. The first kappa shape index (κ1) is 16.0. The van der Waals surface area contributed by atoms with E-state index in [2.05, 4.69) is 5.32 Å². The molecule has 1 aromatic heterocycles. The van der Waals surface area contributed by atoms with E-state index < -0.39 is 5.97 Å². The monoisotopic (exact) mass is 311 g/mol. The molecular formula is C15H21NO4S. The van der Waals surface area contributed by atoms with Gasteiger partial charge in [0.05, 0.1) is 5.56 Å². The van der Waals surface area contributed by atoms with Crippen LogP contribution in [0.1, 0.15) is 47.0 Å². The maximum absolute atomic E-state index is 12.0. The average Bonchev–Trinajstić information content (AvgIpc) is 3.03. The zero-order valence-electron chi connectivity index (χ0n) is 12.4. The Morgan fingerprint density at radius 3 is 2.81 bits per heavy atom. The minimum atomic E-state index is -0.976. The zero-order chi connectivity index (χ0) is 15.4. The standard InChI is InChI=1S/C15H21NO4S/c1-3-11-9(2)21-14(13(11)15(18)19)16-12(17)5-4-10-6-7-20-8-10/h10H,3-8H2,1-2H3,(H,16,17)(H,18,19). The van der Waals surface area contributed by atoms with Crippen LogP contribution in [0.25, 0.3) is 0 Å². The van der Waals surface area contributed by atoms with E-state index in [-0.39, 0.29) is 11.5 Å². The summed E-state index contributed by atoms with van der Waals surface area (Å²) in [4.78, 5) is 24.4. The molecule has 1 unspecified atom stereocenters. The summed E-state index contributed by atoms with van der Waals surface area (Å²) >= 11 is 1.34. The first-order valence-electron chi connectivity index (χ1n) is 7.26. The molecule has 6 heteroatoms. The number of carboxylic acid groups (broad SMARTS) is 1. The van der Waals surface area contributed by atoms with Crippen molar-refractivity contribution < 1.29 is 19.4 Å². The lowest BCUT2D eigenvalue weighted by Crippen LogP contribution is -2.15. The molecule has 2 N–H and O–H groups in total. The van der Waals surface area contributed by atoms with Crippen LogP contribution < -0.4 is 5.32 Å². The highest BCUT2D eigenvalue weighted by Crippen LogP contribution is 2.33. The van der Waals surface area contributed by atoms with Gasteiger partial charge in [-0.05, 0) is 37.7 Å². The van der Waals surface area contributed by atoms with Crippen molar-refractivity contribution in [2.75, 3.05) is 18.5 Å². The SMILES string of the molecule is CCc1c(C)sc(NC(=O)CCC2CCOC2)c1C(=O)O. The number of carbonyl (C=O) groups excluding carboxylic acids is 1. The molecule has 0 bridgehead atoms. The van der Waals surface area contributed by atoms with Gasteiger partial charge in [0.1, 0.15) is 5.00 Å². The van der Waals surface area contributed by atoms with E-state index in [9.17, 15) is 14.7 Å². The third-order valence-electron chi connectivity index (χ3n) is 3.83. The molecule has 1 aliphatic rings. The van der Waals surface area contributed by atoms with Crippen molar-refractivity contribution in [2.45, 2.75) is 39.5 Å². The van der Waals surface area contributed by atoms with Gasteiger partial charge in [0.2, 0.25) is 5.91 Å². The molecule has 1 saturated heterocycles. The van der Waals surface area contributed by atoms with E-state index >= 15 is 0 Å². The Hall–Kier alpha value is -1.40. The van der Waals surface area contributed by atoms with Crippen LogP contribution in [0.3, 0.4) is 0 Å². The summed E-state index contributed by atoms with van der Waals surface area (Å²) in [7, 11) is 0. The fraction of sp³-hybridized carbons (Fsp3) is 0.600. The normalized spacial score (nSPS) is 17.9. The van der Waals surface area contributed by atoms with Crippen LogP contribution in [0.5, 0.6) is 0 Å². The first-order valence-corrected chi connectivity index (χ1v) is 8.07. The van der Waals surface area contributed by atoms with Gasteiger partial charge in [0.25, 0.3) is 0 Å². The van der Waals surface area contributed by atoms with Crippen molar-refractivity contribution in [3.63, 3.8) is 0 Å². The van der Waals surface area contributed by atoms with Gasteiger partial charge in [-0.2, -0.15) is 0 Å². The molecule has 21 heavy (non-hydrogen) atoms. The van der Waals surface area contributed by atoms with Gasteiger partial charge in [-0.1, -0.05) is 6.92 Å². The van der Waals surface area contributed by atoms with E-state index in [1.807, 2.05) is 13.8 Å². The number of aryl methyl sites for hydroxylation is 1. The summed E-state index contributed by atoms with van der Waals surface area (Å²) in [6.07, 6.45) is 2.86. The zero-order valence-corrected chi connectivity index (χ0v) is 13.2. The van der Waals surface area contributed by atoms with Gasteiger partial charge in [-0.25, -0.2) is 4.79 Å². The first-order chi connectivity index (χ1) is 10.0. The molecule has 0 radical (unpaired) electrons. The predicted molar refractivity (Wildman–Crippen MR) is 82.2 cm³/mol. The van der Waals surface area contributed by atoms with Gasteiger partial charge in [-0.15, -0.1) is 11.3 Å². The Morgan fingerprint density at radius 1 is 1.48 bits per heavy atom. The lowest BCUT2D eigenvalue weighted by molar-refractivity contribution is -0.116. The van der Waals surface area contributed by atoms with Crippen molar-refractivity contribution in [1.82, 2.24) is 0 Å². The topological polar surface area (TPSA) is 75.6 Å². The van der Waals surface area contributed by atoms with Crippen LogP contribution in [-0.2, 0) is 16.0 Å². The van der Waals surface area contributed by atoms with Crippen LogP contribution in [-0.4, -0.2) is 30.2 Å². The molecule has 1 atom stereocenters. The third-order valence-corrected chi connectivity index (χ3v) is 4.90. The lowest BCUT2D eigenvalue weighted by Gasteiger charge is -2.08. The number of rotatable bonds is 6. The summed E-state index contributed by atoms with van der Waals surface area (Å²) in [5.41, 5.74) is 1.06. The Bertz CT molecular complexity index is 532. The van der Waals surface area contributed by atoms with Crippen LogP contribution in [0, 0.1) is 12.8 Å². The number of nitrogens with one attached hydrogen (secondary N) is 1. The van der Waals surface area contributed by atoms with Crippen molar-refractivity contribution in [2.24, 2.45) is 5.92 Å². The Balaban J connectivity index is 2.01. The quantitative estimate of drug-likeness (QED) is 0.846. The number of ether oxygens (including phenoxy) is 1. The van der Waals surface area contributed by atoms with Crippen molar-refractivity contribution in [3.05, 3.63) is 16.0 Å². The van der Waals surface area contributed by atoms with Crippen LogP contribution in [0.2, 0.25) is 0 Å². The number of carboxylic acids is 1.